The minimum absolute atomic E-state index is 0.0480. The number of benzene rings is 1. The molecule has 13 heavy (non-hydrogen) atoms. The van der Waals surface area contributed by atoms with Crippen LogP contribution in [0.5, 0.6) is 0 Å². The molecule has 0 unspecified atom stereocenters. The highest BCUT2D eigenvalue weighted by Crippen LogP contribution is 2.20. The Kier molecular flexibility index (Phi) is 2.62. The van der Waals surface area contributed by atoms with E-state index in [1.54, 1.807) is 13.8 Å². The topological polar surface area (TPSA) is 23.8 Å². The van der Waals surface area contributed by atoms with Crippen LogP contribution in [0.2, 0.25) is 0 Å². The van der Waals surface area contributed by atoms with Gasteiger partial charge in [0, 0.05) is 6.07 Å². The van der Waals surface area contributed by atoms with Gasteiger partial charge >= 0.3 is 0 Å². The summed E-state index contributed by atoms with van der Waals surface area (Å²) >= 11 is 0. The van der Waals surface area contributed by atoms with Gasteiger partial charge in [0.1, 0.15) is 11.6 Å². The molecule has 0 aromatic heterocycles. The fraction of sp³-hybridized carbons (Fsp3) is 0.300. The largest absolute Gasteiger partial charge is 0.207 e. The molecule has 0 aliphatic rings. The molecule has 0 heterocycles. The zero-order valence-corrected chi connectivity index (χ0v) is 7.49. The highest BCUT2D eigenvalue weighted by Gasteiger charge is 2.11. The molecule has 1 aromatic carbocycles. The Morgan fingerprint density at radius 2 is 1.69 bits per heavy atom. The van der Waals surface area contributed by atoms with Crippen LogP contribution in [0.3, 0.4) is 0 Å². The van der Waals surface area contributed by atoms with E-state index in [4.69, 9.17) is 5.26 Å². The van der Waals surface area contributed by atoms with Crippen molar-refractivity contribution in [3.05, 3.63) is 34.4 Å². The number of nitriles is 1. The minimum atomic E-state index is -0.589. The maximum atomic E-state index is 13.0. The average molecular weight is 181 g/mol. The Morgan fingerprint density at radius 3 is 2.08 bits per heavy atom. The van der Waals surface area contributed by atoms with Crippen LogP contribution in [0.4, 0.5) is 8.78 Å². The first-order valence-electron chi connectivity index (χ1n) is 3.89. The third-order valence-corrected chi connectivity index (χ3v) is 2.13. The highest BCUT2D eigenvalue weighted by atomic mass is 19.1. The summed E-state index contributed by atoms with van der Waals surface area (Å²) < 4.78 is 26.0. The van der Waals surface area contributed by atoms with E-state index >= 15 is 0 Å². The number of hydrogen-bond acceptors (Lipinski definition) is 1. The van der Waals surface area contributed by atoms with E-state index in [0.29, 0.717) is 16.7 Å². The first kappa shape index (κ1) is 9.66. The van der Waals surface area contributed by atoms with Crippen LogP contribution in [0.1, 0.15) is 16.7 Å². The average Bonchev–Trinajstić information content (AvgIpc) is 2.09. The van der Waals surface area contributed by atoms with Crippen molar-refractivity contribution in [3.63, 3.8) is 0 Å². The molecule has 0 bridgehead atoms. The molecule has 0 aliphatic heterocycles. The lowest BCUT2D eigenvalue weighted by Crippen LogP contribution is -1.99. The van der Waals surface area contributed by atoms with Gasteiger partial charge in [-0.15, -0.1) is 0 Å². The van der Waals surface area contributed by atoms with Crippen LogP contribution in [-0.4, -0.2) is 0 Å². The van der Waals surface area contributed by atoms with Gasteiger partial charge in [-0.3, -0.25) is 0 Å². The van der Waals surface area contributed by atoms with E-state index in [1.165, 1.54) is 0 Å². The van der Waals surface area contributed by atoms with Crippen molar-refractivity contribution in [2.24, 2.45) is 0 Å². The zero-order chi connectivity index (χ0) is 10.0. The van der Waals surface area contributed by atoms with Crippen molar-refractivity contribution in [2.75, 3.05) is 0 Å². The number of hydrogen-bond donors (Lipinski definition) is 0. The second kappa shape index (κ2) is 3.53. The van der Waals surface area contributed by atoms with Crippen LogP contribution in [-0.2, 0) is 6.42 Å². The molecule has 0 N–H and O–H groups in total. The van der Waals surface area contributed by atoms with Gasteiger partial charge in [-0.25, -0.2) is 8.78 Å². The lowest BCUT2D eigenvalue weighted by Gasteiger charge is -2.07. The Balaban J connectivity index is 3.39. The minimum Gasteiger partial charge on any atom is -0.207 e. The van der Waals surface area contributed by atoms with E-state index in [2.05, 4.69) is 0 Å². The SMILES string of the molecule is Cc1c(F)cc(F)c(C)c1CC#N. The van der Waals surface area contributed by atoms with Gasteiger partial charge in [-0.05, 0) is 30.5 Å². The van der Waals surface area contributed by atoms with Crippen molar-refractivity contribution in [2.45, 2.75) is 20.3 Å². The summed E-state index contributed by atoms with van der Waals surface area (Å²) in [7, 11) is 0. The Labute approximate surface area is 75.6 Å². The number of nitrogens with zero attached hydrogens (tertiary/aromatic N) is 1. The van der Waals surface area contributed by atoms with Crippen molar-refractivity contribution in [3.8, 4) is 6.07 Å². The van der Waals surface area contributed by atoms with Gasteiger partial charge in [-0.1, -0.05) is 0 Å². The Hall–Kier alpha value is -1.43. The van der Waals surface area contributed by atoms with Gasteiger partial charge in [0.2, 0.25) is 0 Å². The van der Waals surface area contributed by atoms with Crippen LogP contribution in [0, 0.1) is 36.8 Å². The van der Waals surface area contributed by atoms with Crippen molar-refractivity contribution >= 4 is 0 Å². The predicted octanol–water partition coefficient (Wildman–Crippen LogP) is 2.65. The normalized spacial score (nSPS) is 9.77. The first-order valence-corrected chi connectivity index (χ1v) is 3.89. The first-order chi connectivity index (χ1) is 6.07. The van der Waals surface area contributed by atoms with Crippen LogP contribution in [0.15, 0.2) is 6.07 Å². The van der Waals surface area contributed by atoms with E-state index in [9.17, 15) is 8.78 Å². The van der Waals surface area contributed by atoms with Crippen molar-refractivity contribution < 1.29 is 8.78 Å². The molecule has 0 amide bonds. The highest BCUT2D eigenvalue weighted by molar-refractivity contribution is 5.37. The molecular weight excluding hydrogens is 172 g/mol. The standard InChI is InChI=1S/C10H9F2N/c1-6-8(3-4-13)7(2)10(12)5-9(6)11/h5H,3H2,1-2H3. The summed E-state index contributed by atoms with van der Waals surface area (Å²) in [6.07, 6.45) is 0.0480. The quantitative estimate of drug-likeness (QED) is 0.653. The van der Waals surface area contributed by atoms with Gasteiger partial charge in [0.05, 0.1) is 12.5 Å². The molecule has 1 aromatic rings. The summed E-state index contributed by atoms with van der Waals surface area (Å²) in [6.45, 7) is 3.10. The molecule has 0 aliphatic carbocycles. The fourth-order valence-corrected chi connectivity index (χ4v) is 1.24. The Morgan fingerprint density at radius 1 is 1.23 bits per heavy atom. The molecular formula is C10H9F2N. The number of rotatable bonds is 1. The lowest BCUT2D eigenvalue weighted by molar-refractivity contribution is 0.568. The second-order valence-corrected chi connectivity index (χ2v) is 2.90. The zero-order valence-electron chi connectivity index (χ0n) is 7.49. The number of halogens is 2. The summed E-state index contributed by atoms with van der Waals surface area (Å²) in [4.78, 5) is 0. The molecule has 0 fully saturated rings. The molecule has 0 atom stereocenters. The van der Waals surface area contributed by atoms with E-state index in [0.717, 1.165) is 6.07 Å². The molecule has 3 heteroatoms. The van der Waals surface area contributed by atoms with Crippen molar-refractivity contribution in [1.29, 1.82) is 5.26 Å². The van der Waals surface area contributed by atoms with Crippen LogP contribution >= 0.6 is 0 Å². The van der Waals surface area contributed by atoms with Gasteiger partial charge in [0.15, 0.2) is 0 Å². The van der Waals surface area contributed by atoms with Crippen molar-refractivity contribution in [1.82, 2.24) is 0 Å². The summed E-state index contributed by atoms with van der Waals surface area (Å²) in [5, 5.41) is 8.46. The Bertz CT molecular complexity index is 351. The molecule has 1 rings (SSSR count). The lowest BCUT2D eigenvalue weighted by atomic mass is 9.99. The van der Waals surface area contributed by atoms with E-state index in [-0.39, 0.29) is 6.42 Å². The predicted molar refractivity (Wildman–Crippen MR) is 45.1 cm³/mol. The third-order valence-electron chi connectivity index (χ3n) is 2.13. The summed E-state index contributed by atoms with van der Waals surface area (Å²) in [5.41, 5.74) is 1.18. The molecule has 0 saturated carbocycles. The summed E-state index contributed by atoms with van der Waals surface area (Å²) in [5.74, 6) is -1.18. The van der Waals surface area contributed by atoms with Gasteiger partial charge in [-0.2, -0.15) is 5.26 Å². The molecule has 0 radical (unpaired) electrons. The maximum Gasteiger partial charge on any atom is 0.129 e. The molecule has 1 nitrogen and oxygen atoms in total. The molecule has 68 valence electrons. The smallest absolute Gasteiger partial charge is 0.129 e. The third kappa shape index (κ3) is 1.67. The van der Waals surface area contributed by atoms with Crippen LogP contribution in [0.25, 0.3) is 0 Å². The van der Waals surface area contributed by atoms with Gasteiger partial charge < -0.3 is 0 Å². The fourth-order valence-electron chi connectivity index (χ4n) is 1.24. The van der Waals surface area contributed by atoms with Crippen LogP contribution < -0.4 is 0 Å². The summed E-state index contributed by atoms with van der Waals surface area (Å²) in [6, 6.07) is 2.74. The molecule has 0 spiro atoms. The molecule has 0 saturated heterocycles. The second-order valence-electron chi connectivity index (χ2n) is 2.90. The van der Waals surface area contributed by atoms with E-state index < -0.39 is 11.6 Å². The maximum absolute atomic E-state index is 13.0. The van der Waals surface area contributed by atoms with Gasteiger partial charge in [0.25, 0.3) is 0 Å². The monoisotopic (exact) mass is 181 g/mol. The van der Waals surface area contributed by atoms with E-state index in [1.807, 2.05) is 6.07 Å².